The SMILES string of the molecule is C=C[Si](C)(C)C(=CC(C)C)NOC. The summed E-state index contributed by atoms with van der Waals surface area (Å²) in [5.74, 6) is 0.532. The Morgan fingerprint density at radius 1 is 1.46 bits per heavy atom. The lowest BCUT2D eigenvalue weighted by Gasteiger charge is -2.23. The van der Waals surface area contributed by atoms with E-state index in [1.165, 1.54) is 5.32 Å². The quantitative estimate of drug-likeness (QED) is 0.543. The minimum Gasteiger partial charge on any atom is -0.280 e. The molecule has 0 spiro atoms. The summed E-state index contributed by atoms with van der Waals surface area (Å²) >= 11 is 0. The van der Waals surface area contributed by atoms with Gasteiger partial charge in [0, 0.05) is 5.32 Å². The molecule has 0 atom stereocenters. The van der Waals surface area contributed by atoms with Gasteiger partial charge in [0.25, 0.3) is 0 Å². The smallest absolute Gasteiger partial charge is 0.126 e. The average molecular weight is 199 g/mol. The van der Waals surface area contributed by atoms with E-state index in [9.17, 15) is 0 Å². The van der Waals surface area contributed by atoms with E-state index in [0.29, 0.717) is 5.92 Å². The standard InChI is InChI=1S/C10H21NOSi/c1-7-13(5,6)10(11-12-4)8-9(2)3/h7-9,11H,1H2,2-6H3. The summed E-state index contributed by atoms with van der Waals surface area (Å²) in [5, 5.41) is 1.19. The van der Waals surface area contributed by atoms with E-state index < -0.39 is 8.07 Å². The van der Waals surface area contributed by atoms with Crippen LogP contribution >= 0.6 is 0 Å². The van der Waals surface area contributed by atoms with Gasteiger partial charge < -0.3 is 0 Å². The molecule has 0 saturated heterocycles. The van der Waals surface area contributed by atoms with Crippen LogP contribution < -0.4 is 5.48 Å². The van der Waals surface area contributed by atoms with Crippen LogP contribution in [0.3, 0.4) is 0 Å². The molecular weight excluding hydrogens is 178 g/mol. The van der Waals surface area contributed by atoms with Gasteiger partial charge in [-0.2, -0.15) is 0 Å². The Kier molecular flexibility index (Phi) is 5.02. The lowest BCUT2D eigenvalue weighted by molar-refractivity contribution is 0.123. The van der Waals surface area contributed by atoms with Crippen LogP contribution in [0.2, 0.25) is 13.1 Å². The summed E-state index contributed by atoms with van der Waals surface area (Å²) < 4.78 is 0. The van der Waals surface area contributed by atoms with Crippen molar-refractivity contribution in [2.45, 2.75) is 26.9 Å². The molecule has 0 aliphatic rings. The molecule has 0 heterocycles. The Balaban J connectivity index is 4.69. The molecule has 0 radical (unpaired) electrons. The highest BCUT2D eigenvalue weighted by Crippen LogP contribution is 2.15. The highest BCUT2D eigenvalue weighted by molar-refractivity contribution is 6.88. The Bertz CT molecular complexity index is 197. The first-order chi connectivity index (χ1) is 5.94. The third-order valence-corrected chi connectivity index (χ3v) is 4.59. The van der Waals surface area contributed by atoms with Gasteiger partial charge in [-0.1, -0.05) is 38.7 Å². The molecule has 0 amide bonds. The lowest BCUT2D eigenvalue weighted by atomic mass is 10.2. The summed E-state index contributed by atoms with van der Waals surface area (Å²) in [6.07, 6.45) is 2.21. The van der Waals surface area contributed by atoms with E-state index >= 15 is 0 Å². The van der Waals surface area contributed by atoms with Crippen LogP contribution in [-0.4, -0.2) is 15.2 Å². The van der Waals surface area contributed by atoms with Gasteiger partial charge in [-0.15, -0.1) is 6.58 Å². The third kappa shape index (κ3) is 4.29. The molecule has 0 aromatic carbocycles. The van der Waals surface area contributed by atoms with Gasteiger partial charge in [0.15, 0.2) is 0 Å². The molecule has 0 fully saturated rings. The lowest BCUT2D eigenvalue weighted by Crippen LogP contribution is -2.35. The van der Waals surface area contributed by atoms with Gasteiger partial charge in [0.05, 0.1) is 7.11 Å². The van der Waals surface area contributed by atoms with E-state index in [-0.39, 0.29) is 0 Å². The molecule has 0 aromatic heterocycles. The van der Waals surface area contributed by atoms with Crippen LogP contribution in [-0.2, 0) is 4.84 Å². The number of hydrogen-bond acceptors (Lipinski definition) is 2. The molecule has 1 N–H and O–H groups in total. The molecule has 0 aliphatic carbocycles. The van der Waals surface area contributed by atoms with Gasteiger partial charge in [0.1, 0.15) is 8.07 Å². The van der Waals surface area contributed by atoms with Crippen molar-refractivity contribution in [3.05, 3.63) is 23.7 Å². The van der Waals surface area contributed by atoms with E-state index in [1.807, 2.05) is 5.70 Å². The van der Waals surface area contributed by atoms with Gasteiger partial charge in [-0.25, -0.2) is 0 Å². The minimum atomic E-state index is -1.50. The highest BCUT2D eigenvalue weighted by atomic mass is 28.3. The molecule has 0 unspecified atom stereocenters. The second-order valence-electron chi connectivity index (χ2n) is 4.06. The summed E-state index contributed by atoms with van der Waals surface area (Å²) in [6, 6.07) is 0. The molecule has 76 valence electrons. The van der Waals surface area contributed by atoms with Crippen LogP contribution in [0.4, 0.5) is 0 Å². The fraction of sp³-hybridized carbons (Fsp3) is 0.600. The Morgan fingerprint density at radius 3 is 2.31 bits per heavy atom. The second-order valence-corrected chi connectivity index (χ2v) is 8.45. The maximum atomic E-state index is 4.96. The van der Waals surface area contributed by atoms with Crippen LogP contribution in [0.25, 0.3) is 0 Å². The van der Waals surface area contributed by atoms with Crippen molar-refractivity contribution in [3.8, 4) is 0 Å². The second kappa shape index (κ2) is 5.24. The molecule has 13 heavy (non-hydrogen) atoms. The first kappa shape index (κ1) is 12.5. The predicted molar refractivity (Wildman–Crippen MR) is 60.7 cm³/mol. The fourth-order valence-electron chi connectivity index (χ4n) is 0.934. The number of allylic oxidation sites excluding steroid dienone is 1. The van der Waals surface area contributed by atoms with Crippen molar-refractivity contribution in [2.24, 2.45) is 5.92 Å². The molecule has 0 aromatic rings. The Hall–Kier alpha value is -0.543. The van der Waals surface area contributed by atoms with Gasteiger partial charge in [-0.3, -0.25) is 10.3 Å². The summed E-state index contributed by atoms with van der Waals surface area (Å²) in [4.78, 5) is 4.96. The minimum absolute atomic E-state index is 0.532. The number of rotatable bonds is 5. The fourth-order valence-corrected chi connectivity index (χ4v) is 2.28. The number of nitrogens with one attached hydrogen (secondary N) is 1. The van der Waals surface area contributed by atoms with Crippen molar-refractivity contribution in [3.63, 3.8) is 0 Å². The van der Waals surface area contributed by atoms with Crippen molar-refractivity contribution < 1.29 is 4.84 Å². The van der Waals surface area contributed by atoms with Crippen LogP contribution in [0, 0.1) is 5.92 Å². The Morgan fingerprint density at radius 2 is 2.00 bits per heavy atom. The normalized spacial score (nSPS) is 13.2. The average Bonchev–Trinajstić information content (AvgIpc) is 2.03. The molecule has 2 nitrogen and oxygen atoms in total. The van der Waals surface area contributed by atoms with Crippen molar-refractivity contribution >= 4 is 8.07 Å². The molecule has 3 heteroatoms. The first-order valence-corrected chi connectivity index (χ1v) is 7.66. The first-order valence-electron chi connectivity index (χ1n) is 4.59. The number of hydroxylamine groups is 1. The molecular formula is C10H21NOSi. The van der Waals surface area contributed by atoms with Gasteiger partial charge >= 0.3 is 0 Å². The molecule has 0 aliphatic heterocycles. The zero-order valence-electron chi connectivity index (χ0n) is 9.35. The molecule has 0 rings (SSSR count). The predicted octanol–water partition coefficient (Wildman–Crippen LogP) is 2.65. The maximum Gasteiger partial charge on any atom is 0.126 e. The topological polar surface area (TPSA) is 21.3 Å². The largest absolute Gasteiger partial charge is 0.280 e. The van der Waals surface area contributed by atoms with Crippen molar-refractivity contribution in [1.29, 1.82) is 0 Å². The van der Waals surface area contributed by atoms with E-state index in [1.54, 1.807) is 7.11 Å². The van der Waals surface area contributed by atoms with E-state index in [2.05, 4.69) is 45.1 Å². The third-order valence-electron chi connectivity index (χ3n) is 1.92. The number of hydrogen-bond donors (Lipinski definition) is 1. The monoisotopic (exact) mass is 199 g/mol. The summed E-state index contributed by atoms with van der Waals surface area (Å²) in [5.41, 5.74) is 5.01. The van der Waals surface area contributed by atoms with Crippen molar-refractivity contribution in [2.75, 3.05) is 7.11 Å². The van der Waals surface area contributed by atoms with E-state index in [0.717, 1.165) is 0 Å². The van der Waals surface area contributed by atoms with Crippen LogP contribution in [0.15, 0.2) is 23.7 Å². The van der Waals surface area contributed by atoms with E-state index in [4.69, 9.17) is 4.84 Å². The van der Waals surface area contributed by atoms with Crippen molar-refractivity contribution in [1.82, 2.24) is 5.48 Å². The maximum absolute atomic E-state index is 4.96. The zero-order chi connectivity index (χ0) is 10.5. The highest BCUT2D eigenvalue weighted by Gasteiger charge is 2.22. The zero-order valence-corrected chi connectivity index (χ0v) is 10.3. The van der Waals surface area contributed by atoms with Gasteiger partial charge in [0.2, 0.25) is 0 Å². The summed E-state index contributed by atoms with van der Waals surface area (Å²) in [7, 11) is 0.139. The molecule has 0 bridgehead atoms. The van der Waals surface area contributed by atoms with Crippen LogP contribution in [0.5, 0.6) is 0 Å². The summed E-state index contributed by atoms with van der Waals surface area (Å²) in [6.45, 7) is 12.7. The van der Waals surface area contributed by atoms with Gasteiger partial charge in [-0.05, 0) is 5.92 Å². The molecule has 0 saturated carbocycles. The Labute approximate surface area is 82.6 Å². The van der Waals surface area contributed by atoms with Crippen LogP contribution in [0.1, 0.15) is 13.8 Å².